The highest BCUT2D eigenvalue weighted by atomic mass is 19.4. The lowest BCUT2D eigenvalue weighted by Crippen LogP contribution is -2.69. The molecule has 11 heteroatoms. The number of halogens is 3. The number of allylic oxidation sites excluding steroid dienone is 1. The molecule has 2 aliphatic heterocycles. The summed E-state index contributed by atoms with van der Waals surface area (Å²) in [6.45, 7) is 3.32. The summed E-state index contributed by atoms with van der Waals surface area (Å²) in [4.78, 5) is 25.9. The molecule has 0 aromatic heterocycles. The van der Waals surface area contributed by atoms with Gasteiger partial charge < -0.3 is 29.1 Å². The molecule has 4 aliphatic carbocycles. The van der Waals surface area contributed by atoms with Crippen molar-refractivity contribution in [3.8, 4) is 0 Å². The minimum Gasteiger partial charge on any atom is -0.427 e. The van der Waals surface area contributed by atoms with Crippen LogP contribution in [0.1, 0.15) is 57.4 Å². The van der Waals surface area contributed by atoms with E-state index in [1.807, 2.05) is 0 Å². The van der Waals surface area contributed by atoms with E-state index in [0.29, 0.717) is 12.0 Å². The monoisotopic (exact) mass is 615 g/mol. The van der Waals surface area contributed by atoms with Crippen LogP contribution in [-0.4, -0.2) is 71.9 Å². The molecule has 2 N–H and O–H groups in total. The molecule has 2 bridgehead atoms. The third kappa shape index (κ3) is 4.87. The SMILES string of the molecule is CC(=O)OC1=CC(O)(NC(=O)C(=Cc2ccccc2)OC(F)(F)F)C2O[C@H]3CCC[C@H]4[C@H]5CC1=C2[C@@]34CC[N+]5(C)CC1CC1. The number of ether oxygens (including phenoxy) is 3. The summed E-state index contributed by atoms with van der Waals surface area (Å²) < 4.78 is 57.8. The molecule has 3 unspecified atom stereocenters. The van der Waals surface area contributed by atoms with Crippen LogP contribution in [0.3, 0.4) is 0 Å². The zero-order valence-electron chi connectivity index (χ0n) is 24.9. The fourth-order valence-electron chi connectivity index (χ4n) is 9.09. The van der Waals surface area contributed by atoms with E-state index in [2.05, 4.69) is 17.1 Å². The van der Waals surface area contributed by atoms with Gasteiger partial charge in [-0.25, -0.2) is 0 Å². The second kappa shape index (κ2) is 10.2. The molecule has 7 rings (SSSR count). The molecule has 6 aliphatic rings. The van der Waals surface area contributed by atoms with E-state index in [4.69, 9.17) is 9.47 Å². The zero-order valence-corrected chi connectivity index (χ0v) is 24.9. The van der Waals surface area contributed by atoms with Gasteiger partial charge in [0.05, 0.1) is 32.3 Å². The molecule has 236 valence electrons. The number of nitrogens with zero attached hydrogens (tertiary/aromatic N) is 1. The van der Waals surface area contributed by atoms with E-state index in [0.717, 1.165) is 66.4 Å². The number of rotatable bonds is 7. The number of aliphatic hydroxyl groups is 1. The number of quaternary nitrogens is 1. The molecule has 1 spiro atoms. The molecule has 2 saturated carbocycles. The minimum absolute atomic E-state index is 0.134. The van der Waals surface area contributed by atoms with Crippen molar-refractivity contribution >= 4 is 18.0 Å². The van der Waals surface area contributed by atoms with Crippen LogP contribution >= 0.6 is 0 Å². The zero-order chi connectivity index (χ0) is 31.1. The van der Waals surface area contributed by atoms with Gasteiger partial charge in [-0.15, -0.1) is 13.2 Å². The van der Waals surface area contributed by atoms with Gasteiger partial charge in [0.2, 0.25) is 0 Å². The third-order valence-corrected chi connectivity index (χ3v) is 10.9. The van der Waals surface area contributed by atoms with Crippen molar-refractivity contribution in [2.24, 2.45) is 17.3 Å². The molecule has 1 aromatic carbocycles. The average molecular weight is 616 g/mol. The second-order valence-corrected chi connectivity index (χ2v) is 13.7. The van der Waals surface area contributed by atoms with Gasteiger partial charge in [-0.2, -0.15) is 0 Å². The summed E-state index contributed by atoms with van der Waals surface area (Å²) in [6, 6.07) is 8.26. The molecule has 7 atom stereocenters. The minimum atomic E-state index is -5.15. The largest absolute Gasteiger partial charge is 0.573 e. The average Bonchev–Trinajstić information content (AvgIpc) is 3.68. The maximum atomic E-state index is 13.5. The quantitative estimate of drug-likeness (QED) is 0.152. The lowest BCUT2D eigenvalue weighted by molar-refractivity contribution is -0.947. The number of nitrogens with one attached hydrogen (secondary N) is 1. The van der Waals surface area contributed by atoms with Crippen LogP contribution in [0.4, 0.5) is 13.2 Å². The van der Waals surface area contributed by atoms with Crippen molar-refractivity contribution in [1.82, 2.24) is 5.32 Å². The molecular weight excluding hydrogens is 577 g/mol. The first kappa shape index (κ1) is 29.6. The van der Waals surface area contributed by atoms with Crippen LogP contribution in [0, 0.1) is 17.3 Å². The van der Waals surface area contributed by atoms with Gasteiger partial charge in [0.1, 0.15) is 11.9 Å². The van der Waals surface area contributed by atoms with E-state index in [-0.39, 0.29) is 23.8 Å². The molecule has 4 fully saturated rings. The normalized spacial score (nSPS) is 37.6. The van der Waals surface area contributed by atoms with E-state index in [9.17, 15) is 27.9 Å². The smallest absolute Gasteiger partial charge is 0.427 e. The van der Waals surface area contributed by atoms with Crippen molar-refractivity contribution < 1.29 is 46.6 Å². The van der Waals surface area contributed by atoms with Crippen molar-refractivity contribution in [2.45, 2.75) is 82.2 Å². The predicted molar refractivity (Wildman–Crippen MR) is 152 cm³/mol. The van der Waals surface area contributed by atoms with Gasteiger partial charge in [0, 0.05) is 48.7 Å². The van der Waals surface area contributed by atoms with Gasteiger partial charge in [-0.1, -0.05) is 36.8 Å². The fraction of sp³-hybridized carbons (Fsp3) is 0.576. The number of benzene rings is 1. The highest BCUT2D eigenvalue weighted by Gasteiger charge is 2.71. The molecule has 2 heterocycles. The maximum absolute atomic E-state index is 13.5. The number of likely N-dealkylation sites (tertiary alicyclic amines) is 1. The van der Waals surface area contributed by atoms with Gasteiger partial charge in [-0.3, -0.25) is 9.59 Å². The summed E-state index contributed by atoms with van der Waals surface area (Å²) in [5.74, 6) is -1.78. The lowest BCUT2D eigenvalue weighted by atomic mass is 9.50. The van der Waals surface area contributed by atoms with Crippen LogP contribution in [0.5, 0.6) is 0 Å². The summed E-state index contributed by atoms with van der Waals surface area (Å²) in [6.07, 6.45) is 2.48. The van der Waals surface area contributed by atoms with E-state index in [1.54, 1.807) is 18.2 Å². The fourth-order valence-corrected chi connectivity index (χ4v) is 9.09. The van der Waals surface area contributed by atoms with E-state index >= 15 is 0 Å². The highest BCUT2D eigenvalue weighted by molar-refractivity contribution is 5.96. The molecule has 1 amide bonds. The van der Waals surface area contributed by atoms with Crippen LogP contribution in [-0.2, 0) is 23.8 Å². The standard InChI is InChI=1S/C33H37F3N2O6/c1-19(39)42-26-17-32(41,37-30(40)25(44-33(34,35)36)15-20-7-4-3-5-8-20)29-28-22(26)16-24-23-9-6-10-27(43-29)31(23,28)13-14-38(24,2)18-21-11-12-21/h3-5,7-8,15,17,21,23-24,27,29,41H,6,9-14,16,18H2,1-2H3/p+1/t23-,24+,27-,29?,31+,32?,38?/m0/s1. The van der Waals surface area contributed by atoms with E-state index in [1.165, 1.54) is 38.0 Å². The second-order valence-electron chi connectivity index (χ2n) is 13.7. The molecule has 1 aromatic rings. The Balaban J connectivity index is 1.29. The number of alkyl halides is 3. The predicted octanol–water partition coefficient (Wildman–Crippen LogP) is 4.71. The van der Waals surface area contributed by atoms with Crippen LogP contribution in [0.2, 0.25) is 0 Å². The van der Waals surface area contributed by atoms with Gasteiger partial charge in [0.25, 0.3) is 5.91 Å². The van der Waals surface area contributed by atoms with E-state index < -0.39 is 41.2 Å². The van der Waals surface area contributed by atoms with Crippen molar-refractivity contribution in [3.05, 3.63) is 64.6 Å². The number of hydrogen-bond acceptors (Lipinski definition) is 6. The Morgan fingerprint density at radius 2 is 1.93 bits per heavy atom. The van der Waals surface area contributed by atoms with Crippen LogP contribution in [0.25, 0.3) is 6.08 Å². The Morgan fingerprint density at radius 1 is 1.18 bits per heavy atom. The number of amides is 1. The highest BCUT2D eigenvalue weighted by Crippen LogP contribution is 2.68. The van der Waals surface area contributed by atoms with Crippen LogP contribution in [0.15, 0.2) is 59.1 Å². The number of hydrogen-bond donors (Lipinski definition) is 2. The summed E-state index contributed by atoms with van der Waals surface area (Å²) in [7, 11) is 2.34. The maximum Gasteiger partial charge on any atom is 0.573 e. The summed E-state index contributed by atoms with van der Waals surface area (Å²) >= 11 is 0. The number of piperidine rings is 1. The molecule has 2 saturated heterocycles. The topological polar surface area (TPSA) is 94.1 Å². The Labute approximate surface area is 254 Å². The Bertz CT molecular complexity index is 1470. The molecule has 44 heavy (non-hydrogen) atoms. The molecule has 0 radical (unpaired) electrons. The van der Waals surface area contributed by atoms with Crippen molar-refractivity contribution in [2.75, 3.05) is 20.1 Å². The van der Waals surface area contributed by atoms with Crippen molar-refractivity contribution in [3.63, 3.8) is 0 Å². The number of carbonyl (C=O) groups excluding carboxylic acids is 2. The molecular formula is C33H38F3N2O6+. The Hall–Kier alpha value is -3.15. The number of carbonyl (C=O) groups is 2. The van der Waals surface area contributed by atoms with Gasteiger partial charge in [-0.05, 0) is 42.9 Å². The first-order valence-corrected chi connectivity index (χ1v) is 15.5. The van der Waals surface area contributed by atoms with Gasteiger partial charge in [0.15, 0.2) is 11.5 Å². The first-order chi connectivity index (χ1) is 20.8. The number of esters is 1. The summed E-state index contributed by atoms with van der Waals surface area (Å²) in [5, 5.41) is 14.6. The summed E-state index contributed by atoms with van der Waals surface area (Å²) in [5.41, 5.74) is -0.754. The molecule has 8 nitrogen and oxygen atoms in total. The Kier molecular flexibility index (Phi) is 6.84. The van der Waals surface area contributed by atoms with Gasteiger partial charge >= 0.3 is 12.3 Å². The third-order valence-electron chi connectivity index (χ3n) is 10.9. The van der Waals surface area contributed by atoms with Crippen molar-refractivity contribution in [1.29, 1.82) is 0 Å². The first-order valence-electron chi connectivity index (χ1n) is 15.5. The van der Waals surface area contributed by atoms with Crippen LogP contribution < -0.4 is 5.32 Å². The lowest BCUT2D eigenvalue weighted by Gasteiger charge is -2.62. The Morgan fingerprint density at radius 3 is 2.61 bits per heavy atom.